The number of nitrogens with one attached hydrogen (secondary N) is 1. The molecule has 0 aromatic carbocycles. The first-order valence-corrected chi connectivity index (χ1v) is 6.61. The third-order valence-corrected chi connectivity index (χ3v) is 2.71. The topological polar surface area (TPSA) is 66.0 Å². The Hall–Kier alpha value is -0.590. The molecule has 0 spiro atoms. The molecule has 0 aliphatic carbocycles. The average Bonchev–Trinajstić information content (AvgIpc) is 2.19. The molecule has 1 unspecified atom stereocenters. The van der Waals surface area contributed by atoms with Crippen molar-refractivity contribution < 1.29 is 0 Å². The zero-order valence-corrected chi connectivity index (χ0v) is 11.4. The van der Waals surface area contributed by atoms with Crippen molar-refractivity contribution in [3.05, 3.63) is 0 Å². The number of thioether (sulfide) groups is 1. The third kappa shape index (κ3) is 3.47. The Bertz CT molecular complexity index is 305. The molecule has 0 fully saturated rings. The Labute approximate surface area is 102 Å². The largest absolute Gasteiger partial charge is 0.273 e. The summed E-state index contributed by atoms with van der Waals surface area (Å²) in [7, 11) is 0. The summed E-state index contributed by atoms with van der Waals surface area (Å²) < 4.78 is 0. The molecular weight excluding hydrogens is 222 g/mol. The molecule has 1 aliphatic rings. The standard InChI is InChI=1S/C10H21N5S/c1-6-7-12-8(14-10(2,3)4)15(11)9(13-7)16-5/h8,14H,6,11H2,1-5H3. The molecular formula is C10H21N5S. The number of hydrogen-bond donors (Lipinski definition) is 2. The van der Waals surface area contributed by atoms with Crippen LogP contribution in [0.2, 0.25) is 0 Å². The van der Waals surface area contributed by atoms with E-state index in [1.165, 1.54) is 11.8 Å². The number of amidine groups is 2. The lowest BCUT2D eigenvalue weighted by Gasteiger charge is -2.35. The van der Waals surface area contributed by atoms with E-state index in [0.29, 0.717) is 0 Å². The second-order valence-electron chi connectivity index (χ2n) is 4.67. The van der Waals surface area contributed by atoms with E-state index in [9.17, 15) is 0 Å². The fourth-order valence-corrected chi connectivity index (χ4v) is 1.82. The minimum absolute atomic E-state index is 0.0362. The molecule has 3 N–H and O–H groups in total. The van der Waals surface area contributed by atoms with E-state index in [4.69, 9.17) is 5.84 Å². The molecule has 6 heteroatoms. The van der Waals surface area contributed by atoms with Crippen LogP contribution in [0, 0.1) is 0 Å². The summed E-state index contributed by atoms with van der Waals surface area (Å²) >= 11 is 1.53. The van der Waals surface area contributed by atoms with Crippen LogP contribution in [-0.4, -0.2) is 34.1 Å². The van der Waals surface area contributed by atoms with Gasteiger partial charge in [0.05, 0.1) is 0 Å². The number of rotatable bonds is 2. The minimum atomic E-state index is -0.227. The van der Waals surface area contributed by atoms with Crippen molar-refractivity contribution in [2.24, 2.45) is 15.8 Å². The number of nitrogens with zero attached hydrogens (tertiary/aromatic N) is 3. The predicted molar refractivity (Wildman–Crippen MR) is 71.4 cm³/mol. The van der Waals surface area contributed by atoms with Gasteiger partial charge in [0, 0.05) is 12.0 Å². The third-order valence-electron chi connectivity index (χ3n) is 2.04. The van der Waals surface area contributed by atoms with Gasteiger partial charge in [0.2, 0.25) is 0 Å². The molecule has 1 rings (SSSR count). The molecule has 16 heavy (non-hydrogen) atoms. The van der Waals surface area contributed by atoms with Crippen LogP contribution >= 0.6 is 11.8 Å². The molecule has 5 nitrogen and oxygen atoms in total. The second kappa shape index (κ2) is 5.16. The van der Waals surface area contributed by atoms with Crippen molar-refractivity contribution in [2.45, 2.75) is 45.9 Å². The lowest BCUT2D eigenvalue weighted by Crippen LogP contribution is -2.57. The van der Waals surface area contributed by atoms with Crippen LogP contribution in [0.15, 0.2) is 9.98 Å². The van der Waals surface area contributed by atoms with Crippen LogP contribution in [0.3, 0.4) is 0 Å². The van der Waals surface area contributed by atoms with Crippen molar-refractivity contribution in [3.8, 4) is 0 Å². The number of hydrazine groups is 1. The van der Waals surface area contributed by atoms with Crippen molar-refractivity contribution >= 4 is 22.8 Å². The van der Waals surface area contributed by atoms with Gasteiger partial charge in [0.25, 0.3) is 0 Å². The Morgan fingerprint density at radius 2 is 2.12 bits per heavy atom. The van der Waals surface area contributed by atoms with Crippen molar-refractivity contribution in [2.75, 3.05) is 6.26 Å². The smallest absolute Gasteiger partial charge is 0.193 e. The average molecular weight is 243 g/mol. The minimum Gasteiger partial charge on any atom is -0.273 e. The van der Waals surface area contributed by atoms with Gasteiger partial charge in [-0.15, -0.1) is 0 Å². The van der Waals surface area contributed by atoms with Crippen molar-refractivity contribution in [1.29, 1.82) is 0 Å². The number of aliphatic imine (C=N–C) groups is 2. The fourth-order valence-electron chi connectivity index (χ4n) is 1.32. The maximum Gasteiger partial charge on any atom is 0.193 e. The van der Waals surface area contributed by atoms with Crippen LogP contribution in [0.4, 0.5) is 0 Å². The van der Waals surface area contributed by atoms with Gasteiger partial charge < -0.3 is 0 Å². The van der Waals surface area contributed by atoms with Crippen LogP contribution in [-0.2, 0) is 0 Å². The summed E-state index contributed by atoms with van der Waals surface area (Å²) in [6.07, 6.45) is 2.56. The van der Waals surface area contributed by atoms with E-state index in [1.54, 1.807) is 5.01 Å². The summed E-state index contributed by atoms with van der Waals surface area (Å²) in [6, 6.07) is 0. The van der Waals surface area contributed by atoms with E-state index in [0.717, 1.165) is 17.4 Å². The van der Waals surface area contributed by atoms with E-state index >= 15 is 0 Å². The molecule has 1 heterocycles. The monoisotopic (exact) mass is 243 g/mol. The lowest BCUT2D eigenvalue weighted by molar-refractivity contribution is 0.224. The highest BCUT2D eigenvalue weighted by atomic mass is 32.2. The normalized spacial score (nSPS) is 21.9. The molecule has 1 atom stereocenters. The molecule has 0 amide bonds. The highest BCUT2D eigenvalue weighted by molar-refractivity contribution is 8.13. The van der Waals surface area contributed by atoms with Gasteiger partial charge in [0.15, 0.2) is 11.5 Å². The highest BCUT2D eigenvalue weighted by Crippen LogP contribution is 2.14. The number of hydrogen-bond acceptors (Lipinski definition) is 6. The zero-order chi connectivity index (χ0) is 12.3. The molecule has 0 aromatic rings. The fraction of sp³-hybridized carbons (Fsp3) is 0.800. The van der Waals surface area contributed by atoms with Gasteiger partial charge in [-0.2, -0.15) is 0 Å². The van der Waals surface area contributed by atoms with Crippen molar-refractivity contribution in [3.63, 3.8) is 0 Å². The van der Waals surface area contributed by atoms with E-state index in [-0.39, 0.29) is 11.8 Å². The first-order chi connectivity index (χ1) is 7.37. The van der Waals surface area contributed by atoms with Gasteiger partial charge in [0.1, 0.15) is 5.84 Å². The maximum atomic E-state index is 5.97. The van der Waals surface area contributed by atoms with Crippen LogP contribution in [0.1, 0.15) is 34.1 Å². The molecule has 0 radical (unpaired) electrons. The van der Waals surface area contributed by atoms with Crippen LogP contribution in [0.25, 0.3) is 0 Å². The molecule has 1 aliphatic heterocycles. The maximum absolute atomic E-state index is 5.97. The SMILES string of the molecule is CCC1=NC(NC(C)(C)C)N(N)C(SC)=N1. The van der Waals surface area contributed by atoms with Gasteiger partial charge in [-0.25, -0.2) is 15.8 Å². The lowest BCUT2D eigenvalue weighted by atomic mass is 10.1. The quantitative estimate of drug-likeness (QED) is 0.719. The van der Waals surface area contributed by atoms with Crippen LogP contribution < -0.4 is 11.2 Å². The van der Waals surface area contributed by atoms with E-state index in [1.807, 2.05) is 13.2 Å². The summed E-state index contributed by atoms with van der Waals surface area (Å²) in [5.41, 5.74) is -0.0362. The van der Waals surface area contributed by atoms with E-state index < -0.39 is 0 Å². The van der Waals surface area contributed by atoms with Crippen LogP contribution in [0.5, 0.6) is 0 Å². The Balaban J connectivity index is 2.86. The first-order valence-electron chi connectivity index (χ1n) is 5.38. The Kier molecular flexibility index (Phi) is 4.35. The Morgan fingerprint density at radius 3 is 2.56 bits per heavy atom. The molecule has 0 bridgehead atoms. The predicted octanol–water partition coefficient (Wildman–Crippen LogP) is 1.37. The summed E-state index contributed by atoms with van der Waals surface area (Å²) in [5.74, 6) is 6.81. The van der Waals surface area contributed by atoms with Gasteiger partial charge >= 0.3 is 0 Å². The van der Waals surface area contributed by atoms with Crippen molar-refractivity contribution in [1.82, 2.24) is 10.3 Å². The number of nitrogens with two attached hydrogens (primary N) is 1. The van der Waals surface area contributed by atoms with Gasteiger partial charge in [-0.1, -0.05) is 18.7 Å². The molecule has 0 saturated carbocycles. The molecule has 0 saturated heterocycles. The highest BCUT2D eigenvalue weighted by Gasteiger charge is 2.26. The first kappa shape index (κ1) is 13.5. The van der Waals surface area contributed by atoms with Gasteiger partial charge in [-0.05, 0) is 27.0 Å². The molecule has 0 aromatic heterocycles. The second-order valence-corrected chi connectivity index (χ2v) is 5.45. The van der Waals surface area contributed by atoms with Gasteiger partial charge in [-0.3, -0.25) is 10.3 Å². The summed E-state index contributed by atoms with van der Waals surface area (Å²) in [4.78, 5) is 8.84. The summed E-state index contributed by atoms with van der Waals surface area (Å²) in [5, 5.41) is 5.73. The molecule has 92 valence electrons. The summed E-state index contributed by atoms with van der Waals surface area (Å²) in [6.45, 7) is 8.31. The Morgan fingerprint density at radius 1 is 1.50 bits per heavy atom. The van der Waals surface area contributed by atoms with E-state index in [2.05, 4.69) is 36.1 Å². The zero-order valence-electron chi connectivity index (χ0n) is 10.6.